The number of carbonyl (C=O) groups is 2. The molecule has 5 nitrogen and oxygen atoms in total. The smallest absolute Gasteiger partial charge is 0.270 e. The zero-order valence-electron chi connectivity index (χ0n) is 16.2. The minimum absolute atomic E-state index is 0.0250. The number of anilines is 1. The van der Waals surface area contributed by atoms with Crippen LogP contribution in [0.2, 0.25) is 0 Å². The third-order valence-corrected chi connectivity index (χ3v) is 5.51. The Labute approximate surface area is 165 Å². The lowest BCUT2D eigenvalue weighted by molar-refractivity contribution is -0.125. The van der Waals surface area contributed by atoms with Crippen LogP contribution in [0.25, 0.3) is 0 Å². The summed E-state index contributed by atoms with van der Waals surface area (Å²) in [6, 6.07) is 18.0. The van der Waals surface area contributed by atoms with E-state index >= 15 is 0 Å². The molecular weight excluding hydrogens is 350 g/mol. The zero-order chi connectivity index (χ0) is 19.5. The van der Waals surface area contributed by atoms with Crippen LogP contribution in [0, 0.1) is 6.92 Å². The van der Waals surface area contributed by atoms with Gasteiger partial charge in [0.15, 0.2) is 0 Å². The summed E-state index contributed by atoms with van der Waals surface area (Å²) in [6.07, 6.45) is 3.61. The molecular formula is C23H25N3O2. The van der Waals surface area contributed by atoms with Crippen molar-refractivity contribution in [3.8, 4) is 0 Å². The first-order valence-electron chi connectivity index (χ1n) is 9.94. The van der Waals surface area contributed by atoms with Gasteiger partial charge in [0, 0.05) is 25.4 Å². The summed E-state index contributed by atoms with van der Waals surface area (Å²) in [6.45, 7) is 2.84. The largest absolute Gasteiger partial charge is 0.334 e. The molecule has 2 aromatic carbocycles. The molecule has 5 heteroatoms. The van der Waals surface area contributed by atoms with Gasteiger partial charge in [0.05, 0.1) is 5.69 Å². The molecule has 0 aliphatic carbocycles. The third kappa shape index (κ3) is 3.84. The molecule has 144 valence electrons. The first-order valence-corrected chi connectivity index (χ1v) is 9.94. The highest BCUT2D eigenvalue weighted by atomic mass is 16.2. The fourth-order valence-electron chi connectivity index (χ4n) is 3.96. The molecule has 1 fully saturated rings. The minimum Gasteiger partial charge on any atom is -0.334 e. The van der Waals surface area contributed by atoms with Crippen molar-refractivity contribution in [2.24, 2.45) is 5.10 Å². The predicted octanol–water partition coefficient (Wildman–Crippen LogP) is 3.71. The molecule has 2 aliphatic heterocycles. The summed E-state index contributed by atoms with van der Waals surface area (Å²) in [5.41, 5.74) is 3.68. The van der Waals surface area contributed by atoms with Gasteiger partial charge in [-0.25, -0.2) is 5.01 Å². The van der Waals surface area contributed by atoms with E-state index in [4.69, 9.17) is 0 Å². The summed E-state index contributed by atoms with van der Waals surface area (Å²) in [4.78, 5) is 27.5. The quantitative estimate of drug-likeness (QED) is 0.818. The molecule has 28 heavy (non-hydrogen) atoms. The van der Waals surface area contributed by atoms with Crippen LogP contribution in [0.1, 0.15) is 36.8 Å². The molecule has 0 saturated carbocycles. The van der Waals surface area contributed by atoms with E-state index in [1.807, 2.05) is 35.2 Å². The lowest BCUT2D eigenvalue weighted by Gasteiger charge is -2.28. The number of hydrazone groups is 1. The summed E-state index contributed by atoms with van der Waals surface area (Å²) in [5, 5.41) is 5.82. The number of benzene rings is 2. The van der Waals surface area contributed by atoms with Gasteiger partial charge in [-0.3, -0.25) is 9.59 Å². The van der Waals surface area contributed by atoms with Gasteiger partial charge in [-0.05, 0) is 43.9 Å². The summed E-state index contributed by atoms with van der Waals surface area (Å²) in [7, 11) is 0. The first kappa shape index (κ1) is 18.4. The molecule has 2 heterocycles. The van der Waals surface area contributed by atoms with Crippen LogP contribution >= 0.6 is 0 Å². The fourth-order valence-corrected chi connectivity index (χ4v) is 3.96. The maximum atomic E-state index is 13.2. The number of likely N-dealkylation sites (tertiary alicyclic amines) is 1. The Balaban J connectivity index is 1.52. The van der Waals surface area contributed by atoms with E-state index in [-0.39, 0.29) is 17.9 Å². The van der Waals surface area contributed by atoms with Gasteiger partial charge in [-0.2, -0.15) is 5.10 Å². The number of para-hydroxylation sites is 1. The van der Waals surface area contributed by atoms with Gasteiger partial charge < -0.3 is 4.90 Å². The lowest BCUT2D eigenvalue weighted by Crippen LogP contribution is -2.44. The van der Waals surface area contributed by atoms with Crippen LogP contribution in [0.3, 0.4) is 0 Å². The molecule has 1 atom stereocenters. The van der Waals surface area contributed by atoms with E-state index in [0.29, 0.717) is 24.2 Å². The first-order chi connectivity index (χ1) is 13.6. The molecule has 1 saturated heterocycles. The van der Waals surface area contributed by atoms with Crippen molar-refractivity contribution in [3.05, 3.63) is 65.7 Å². The van der Waals surface area contributed by atoms with Crippen molar-refractivity contribution in [1.82, 2.24) is 4.90 Å². The van der Waals surface area contributed by atoms with Crippen molar-refractivity contribution >= 4 is 23.2 Å². The van der Waals surface area contributed by atoms with Crippen molar-refractivity contribution in [2.75, 3.05) is 11.6 Å². The summed E-state index contributed by atoms with van der Waals surface area (Å²) >= 11 is 0. The molecule has 0 radical (unpaired) electrons. The third-order valence-electron chi connectivity index (χ3n) is 5.51. The van der Waals surface area contributed by atoms with E-state index in [0.717, 1.165) is 25.8 Å². The Hall–Kier alpha value is -2.95. The van der Waals surface area contributed by atoms with Gasteiger partial charge >= 0.3 is 0 Å². The molecule has 1 unspecified atom stereocenters. The highest BCUT2D eigenvalue weighted by Crippen LogP contribution is 2.25. The Bertz CT molecular complexity index is 890. The average molecular weight is 375 g/mol. The normalized spacial score (nSPS) is 19.7. The van der Waals surface area contributed by atoms with E-state index in [9.17, 15) is 9.59 Å². The SMILES string of the molecule is Cc1ccc(CC2CCCN2C(=O)C2=NN(c3ccccc3)C(=O)CC2)cc1. The van der Waals surface area contributed by atoms with Gasteiger partial charge in [0.25, 0.3) is 5.91 Å². The van der Waals surface area contributed by atoms with Crippen LogP contribution in [-0.2, 0) is 16.0 Å². The van der Waals surface area contributed by atoms with Crippen LogP contribution in [-0.4, -0.2) is 35.0 Å². The number of aryl methyl sites for hydroxylation is 1. The zero-order valence-corrected chi connectivity index (χ0v) is 16.2. The van der Waals surface area contributed by atoms with Crippen LogP contribution in [0.5, 0.6) is 0 Å². The van der Waals surface area contributed by atoms with E-state index in [1.54, 1.807) is 0 Å². The average Bonchev–Trinajstić information content (AvgIpc) is 3.18. The van der Waals surface area contributed by atoms with Crippen LogP contribution in [0.15, 0.2) is 59.7 Å². The predicted molar refractivity (Wildman–Crippen MR) is 110 cm³/mol. The maximum absolute atomic E-state index is 13.2. The Morgan fingerprint density at radius 3 is 2.57 bits per heavy atom. The number of hydrogen-bond donors (Lipinski definition) is 0. The number of rotatable bonds is 4. The topological polar surface area (TPSA) is 53.0 Å². The Morgan fingerprint density at radius 2 is 1.82 bits per heavy atom. The second kappa shape index (κ2) is 7.97. The van der Waals surface area contributed by atoms with E-state index in [1.165, 1.54) is 16.1 Å². The number of amides is 2. The highest BCUT2D eigenvalue weighted by Gasteiger charge is 2.34. The fraction of sp³-hybridized carbons (Fsp3) is 0.348. The van der Waals surface area contributed by atoms with Crippen LogP contribution < -0.4 is 5.01 Å². The minimum atomic E-state index is -0.0691. The lowest BCUT2D eigenvalue weighted by atomic mass is 10.0. The molecule has 0 spiro atoms. The van der Waals surface area contributed by atoms with Gasteiger partial charge in [0.2, 0.25) is 5.91 Å². The number of nitrogens with zero attached hydrogens (tertiary/aromatic N) is 3. The molecule has 2 aliphatic rings. The second-order valence-electron chi connectivity index (χ2n) is 7.57. The monoisotopic (exact) mass is 375 g/mol. The molecule has 0 bridgehead atoms. The van der Waals surface area contributed by atoms with Crippen molar-refractivity contribution < 1.29 is 9.59 Å². The summed E-state index contributed by atoms with van der Waals surface area (Å²) in [5.74, 6) is -0.0941. The molecule has 4 rings (SSSR count). The van der Waals surface area contributed by atoms with Crippen molar-refractivity contribution in [1.29, 1.82) is 0 Å². The van der Waals surface area contributed by atoms with Gasteiger partial charge in [-0.15, -0.1) is 0 Å². The van der Waals surface area contributed by atoms with Crippen LogP contribution in [0.4, 0.5) is 5.69 Å². The van der Waals surface area contributed by atoms with Crippen molar-refractivity contribution in [3.63, 3.8) is 0 Å². The Morgan fingerprint density at radius 1 is 1.07 bits per heavy atom. The standard InChI is InChI=1S/C23H25N3O2/c1-17-9-11-18(12-10-17)16-20-8-5-15-25(20)23(28)21-13-14-22(27)26(24-21)19-6-3-2-4-7-19/h2-4,6-7,9-12,20H,5,8,13-16H2,1H3. The van der Waals surface area contributed by atoms with Crippen molar-refractivity contribution in [2.45, 2.75) is 45.1 Å². The molecule has 2 aromatic rings. The number of carbonyl (C=O) groups excluding carboxylic acids is 2. The molecule has 0 aromatic heterocycles. The van der Waals surface area contributed by atoms with E-state index in [2.05, 4.69) is 36.3 Å². The highest BCUT2D eigenvalue weighted by molar-refractivity contribution is 6.40. The van der Waals surface area contributed by atoms with E-state index < -0.39 is 0 Å². The second-order valence-corrected chi connectivity index (χ2v) is 7.57. The summed E-state index contributed by atoms with van der Waals surface area (Å²) < 4.78 is 0. The number of hydrogen-bond acceptors (Lipinski definition) is 3. The Kier molecular flexibility index (Phi) is 5.24. The van der Waals surface area contributed by atoms with Gasteiger partial charge in [0.1, 0.15) is 5.71 Å². The molecule has 0 N–H and O–H groups in total. The van der Waals surface area contributed by atoms with Gasteiger partial charge in [-0.1, -0.05) is 48.0 Å². The molecule has 2 amide bonds. The maximum Gasteiger partial charge on any atom is 0.270 e.